The average Bonchev–Trinajstić information content (AvgIpc) is 2.78. The van der Waals surface area contributed by atoms with Gasteiger partial charge in [-0.2, -0.15) is 0 Å². The van der Waals surface area contributed by atoms with Crippen molar-refractivity contribution in [2.24, 2.45) is 11.3 Å². The van der Waals surface area contributed by atoms with Crippen LogP contribution in [0, 0.1) is 11.3 Å². The van der Waals surface area contributed by atoms with E-state index in [-0.39, 0.29) is 5.92 Å². The Hall–Kier alpha value is -2.17. The molecule has 0 radical (unpaired) electrons. The zero-order valence-corrected chi connectivity index (χ0v) is 26.2. The molecule has 0 saturated heterocycles. The van der Waals surface area contributed by atoms with E-state index in [1.54, 1.807) is 69.2 Å². The van der Waals surface area contributed by atoms with Crippen LogP contribution in [-0.2, 0) is 23.8 Å². The molecule has 0 aliphatic heterocycles. The molecule has 0 heterocycles. The molecular weight excluding hydrogens is 506 g/mol. The van der Waals surface area contributed by atoms with Crippen LogP contribution in [0.3, 0.4) is 0 Å². The topological polar surface area (TPSA) is 152 Å². The van der Waals surface area contributed by atoms with Crippen molar-refractivity contribution in [2.75, 3.05) is 0 Å². The van der Waals surface area contributed by atoms with Gasteiger partial charge in [-0.3, -0.25) is 4.79 Å². The lowest BCUT2D eigenvalue weighted by atomic mass is 9.70. The summed E-state index contributed by atoms with van der Waals surface area (Å²) in [6.07, 6.45) is -4.82. The van der Waals surface area contributed by atoms with Crippen LogP contribution in [0.5, 0.6) is 0 Å². The van der Waals surface area contributed by atoms with Gasteiger partial charge in [-0.15, -0.1) is 0 Å². The summed E-state index contributed by atoms with van der Waals surface area (Å²) >= 11 is 0. The molecule has 228 valence electrons. The van der Waals surface area contributed by atoms with Crippen LogP contribution in [0.2, 0.25) is 0 Å². The number of amides is 1. The molecule has 0 saturated carbocycles. The number of hydrogen-bond donors (Lipinski definition) is 4. The maximum absolute atomic E-state index is 13.0. The van der Waals surface area contributed by atoms with Crippen molar-refractivity contribution in [1.29, 1.82) is 0 Å². The molecule has 0 aromatic carbocycles. The van der Waals surface area contributed by atoms with Crippen LogP contribution < -0.4 is 5.32 Å². The molecule has 0 bridgehead atoms. The van der Waals surface area contributed by atoms with Gasteiger partial charge in [0.1, 0.15) is 17.8 Å². The lowest BCUT2D eigenvalue weighted by Gasteiger charge is -2.45. The van der Waals surface area contributed by atoms with E-state index in [0.717, 1.165) is 0 Å². The molecule has 0 rings (SSSR count). The molecule has 0 aliphatic rings. The number of carbonyl (C=O) groups is 3. The van der Waals surface area contributed by atoms with Gasteiger partial charge in [-0.05, 0) is 78.4 Å². The SMILES string of the molecule is CC[C@H](O)C(C)(C)[C@@H](O)[C@](C)(OC(C)=O)/C(C)=C(\C)[C@H](C)OC(=O)C(O)[C@H](CC(C)C)NC(=O)OC(C)(C)C. The van der Waals surface area contributed by atoms with Gasteiger partial charge in [0.15, 0.2) is 11.7 Å². The van der Waals surface area contributed by atoms with E-state index in [0.29, 0.717) is 24.0 Å². The zero-order valence-electron chi connectivity index (χ0n) is 26.2. The largest absolute Gasteiger partial charge is 0.456 e. The number of carbonyl (C=O) groups excluding carboxylic acids is 3. The highest BCUT2D eigenvalue weighted by Crippen LogP contribution is 2.40. The third-order valence-corrected chi connectivity index (χ3v) is 7.12. The zero-order chi connectivity index (χ0) is 31.1. The van der Waals surface area contributed by atoms with Gasteiger partial charge in [-0.25, -0.2) is 9.59 Å². The van der Waals surface area contributed by atoms with Crippen LogP contribution >= 0.6 is 0 Å². The van der Waals surface area contributed by atoms with Gasteiger partial charge >= 0.3 is 18.0 Å². The highest BCUT2D eigenvalue weighted by atomic mass is 16.6. The Balaban J connectivity index is 6.09. The number of rotatable bonds is 13. The standard InChI is InChI=1S/C29H53NO9/c1-14-22(32)28(11,12)25(35)29(13,38-20(7)31)18(5)17(4)19(6)37-24(34)23(33)21(15-16(2)3)30-26(36)39-27(8,9)10/h16,19,21-23,25,32-33,35H,14-15H2,1-13H3,(H,30,36)/b18-17+/t19-,21-,22-,23?,25+,29+/m0/s1. The number of aliphatic hydroxyl groups excluding tert-OH is 3. The van der Waals surface area contributed by atoms with Crippen molar-refractivity contribution in [3.05, 3.63) is 11.1 Å². The third-order valence-electron chi connectivity index (χ3n) is 7.12. The maximum atomic E-state index is 13.0. The fourth-order valence-corrected chi connectivity index (χ4v) is 4.48. The second-order valence-electron chi connectivity index (χ2n) is 12.6. The highest BCUT2D eigenvalue weighted by Gasteiger charge is 2.50. The fraction of sp³-hybridized carbons (Fsp3) is 0.828. The predicted octanol–water partition coefficient (Wildman–Crippen LogP) is 4.03. The van der Waals surface area contributed by atoms with Crippen LogP contribution in [0.15, 0.2) is 11.1 Å². The molecule has 6 atom stereocenters. The van der Waals surface area contributed by atoms with Crippen LogP contribution in [0.25, 0.3) is 0 Å². The predicted molar refractivity (Wildman–Crippen MR) is 149 cm³/mol. The number of nitrogens with one attached hydrogen (secondary N) is 1. The van der Waals surface area contributed by atoms with E-state index >= 15 is 0 Å². The second kappa shape index (κ2) is 14.5. The molecular formula is C29H53NO9. The van der Waals surface area contributed by atoms with Crippen molar-refractivity contribution in [3.8, 4) is 0 Å². The van der Waals surface area contributed by atoms with Gasteiger partial charge in [0, 0.05) is 12.3 Å². The van der Waals surface area contributed by atoms with Crippen LogP contribution in [-0.4, -0.2) is 75.0 Å². The number of aliphatic hydroxyl groups is 3. The normalized spacial score (nSPS) is 18.6. The monoisotopic (exact) mass is 559 g/mol. The summed E-state index contributed by atoms with van der Waals surface area (Å²) in [7, 11) is 0. The summed E-state index contributed by atoms with van der Waals surface area (Å²) in [5.74, 6) is -1.54. The maximum Gasteiger partial charge on any atom is 0.407 e. The Kier molecular flexibility index (Phi) is 13.7. The first kappa shape index (κ1) is 36.8. The van der Waals surface area contributed by atoms with E-state index in [1.807, 2.05) is 13.8 Å². The summed E-state index contributed by atoms with van der Waals surface area (Å²) in [5.41, 5.74) is -2.43. The molecule has 10 nitrogen and oxygen atoms in total. The molecule has 4 N–H and O–H groups in total. The first-order valence-corrected chi connectivity index (χ1v) is 13.6. The Labute approximate surface area is 234 Å². The molecule has 0 aromatic rings. The summed E-state index contributed by atoms with van der Waals surface area (Å²) < 4.78 is 16.5. The quantitative estimate of drug-likeness (QED) is 0.149. The molecule has 39 heavy (non-hydrogen) atoms. The third kappa shape index (κ3) is 10.7. The summed E-state index contributed by atoms with van der Waals surface area (Å²) in [5, 5.41) is 35.3. The first-order chi connectivity index (χ1) is 17.5. The summed E-state index contributed by atoms with van der Waals surface area (Å²) in [6, 6.07) is -0.950. The van der Waals surface area contributed by atoms with E-state index in [9.17, 15) is 29.7 Å². The minimum absolute atomic E-state index is 0.0430. The minimum atomic E-state index is -1.67. The average molecular weight is 560 g/mol. The van der Waals surface area contributed by atoms with Crippen molar-refractivity contribution >= 4 is 18.0 Å². The smallest absolute Gasteiger partial charge is 0.407 e. The molecule has 1 unspecified atom stereocenters. The van der Waals surface area contributed by atoms with Crippen molar-refractivity contribution < 1.29 is 43.9 Å². The molecule has 0 aliphatic carbocycles. The van der Waals surface area contributed by atoms with E-state index < -0.39 is 65.1 Å². The lowest BCUT2D eigenvalue weighted by Crippen LogP contribution is -2.56. The number of hydrogen-bond acceptors (Lipinski definition) is 9. The van der Waals surface area contributed by atoms with Gasteiger partial charge in [-0.1, -0.05) is 34.6 Å². The van der Waals surface area contributed by atoms with Crippen molar-refractivity contribution in [1.82, 2.24) is 5.32 Å². The first-order valence-electron chi connectivity index (χ1n) is 13.6. The van der Waals surface area contributed by atoms with E-state index in [1.165, 1.54) is 6.92 Å². The fourth-order valence-electron chi connectivity index (χ4n) is 4.48. The van der Waals surface area contributed by atoms with Gasteiger partial charge in [0.2, 0.25) is 0 Å². The lowest BCUT2D eigenvalue weighted by molar-refractivity contribution is -0.180. The molecule has 0 fully saturated rings. The second-order valence-corrected chi connectivity index (χ2v) is 12.6. The van der Waals surface area contributed by atoms with Gasteiger partial charge in [0.05, 0.1) is 12.1 Å². The molecule has 0 spiro atoms. The van der Waals surface area contributed by atoms with Gasteiger partial charge in [0.25, 0.3) is 0 Å². The van der Waals surface area contributed by atoms with Crippen molar-refractivity contribution in [2.45, 2.75) is 145 Å². The Morgan fingerprint density at radius 2 is 1.38 bits per heavy atom. The van der Waals surface area contributed by atoms with E-state index in [2.05, 4.69) is 5.32 Å². The van der Waals surface area contributed by atoms with Crippen molar-refractivity contribution in [3.63, 3.8) is 0 Å². The molecule has 10 heteroatoms. The van der Waals surface area contributed by atoms with E-state index in [4.69, 9.17) is 14.2 Å². The number of alkyl carbamates (subject to hydrolysis) is 1. The Morgan fingerprint density at radius 3 is 1.79 bits per heavy atom. The number of esters is 2. The highest BCUT2D eigenvalue weighted by molar-refractivity contribution is 5.77. The number of ether oxygens (including phenoxy) is 3. The summed E-state index contributed by atoms with van der Waals surface area (Å²) in [4.78, 5) is 37.3. The Bertz CT molecular complexity index is 874. The van der Waals surface area contributed by atoms with Crippen LogP contribution in [0.4, 0.5) is 4.79 Å². The Morgan fingerprint density at radius 1 is 0.872 bits per heavy atom. The molecule has 1 amide bonds. The summed E-state index contributed by atoms with van der Waals surface area (Å²) in [6.45, 7) is 21.7. The molecule has 0 aromatic heterocycles. The van der Waals surface area contributed by atoms with Crippen LogP contribution in [0.1, 0.15) is 103 Å². The van der Waals surface area contributed by atoms with Gasteiger partial charge < -0.3 is 34.8 Å². The minimum Gasteiger partial charge on any atom is -0.456 e.